The third kappa shape index (κ3) is 3.70. The number of aliphatic hydroxyl groups is 2. The summed E-state index contributed by atoms with van der Waals surface area (Å²) < 4.78 is 0. The molecule has 6 heteroatoms. The van der Waals surface area contributed by atoms with Gasteiger partial charge in [0.05, 0.1) is 24.4 Å². The molecule has 1 amide bonds. The van der Waals surface area contributed by atoms with Gasteiger partial charge in [-0.05, 0) is 18.4 Å². The van der Waals surface area contributed by atoms with Gasteiger partial charge >= 0.3 is 0 Å². The van der Waals surface area contributed by atoms with Gasteiger partial charge in [0.25, 0.3) is 0 Å². The molecule has 1 fully saturated rings. The summed E-state index contributed by atoms with van der Waals surface area (Å²) in [5, 5.41) is 21.7. The normalized spacial score (nSPS) is 23.5. The lowest BCUT2D eigenvalue weighted by Gasteiger charge is -2.15. The van der Waals surface area contributed by atoms with E-state index < -0.39 is 12.2 Å². The quantitative estimate of drug-likeness (QED) is 0.697. The summed E-state index contributed by atoms with van der Waals surface area (Å²) in [5.74, 6) is -0.136. The van der Waals surface area contributed by atoms with Gasteiger partial charge < -0.3 is 15.5 Å². The van der Waals surface area contributed by atoms with E-state index in [2.05, 4.69) is 5.32 Å². The Balaban J connectivity index is 1.91. The fourth-order valence-electron chi connectivity index (χ4n) is 2.12. The molecule has 3 N–H and O–H groups in total. The first-order valence-corrected chi connectivity index (χ1v) is 7.34. The van der Waals surface area contributed by atoms with Crippen LogP contribution in [0.2, 0.25) is 0 Å². The number of para-hydroxylation sites is 1. The fourth-order valence-corrected chi connectivity index (χ4v) is 2.67. The zero-order chi connectivity index (χ0) is 13.8. The minimum absolute atomic E-state index is 0.136. The molecule has 2 atom stereocenters. The van der Waals surface area contributed by atoms with Gasteiger partial charge in [-0.15, -0.1) is 11.8 Å². The van der Waals surface area contributed by atoms with Crippen LogP contribution in [0.1, 0.15) is 0 Å². The summed E-state index contributed by atoms with van der Waals surface area (Å²) >= 11 is 1.57. The highest BCUT2D eigenvalue weighted by Crippen LogP contribution is 2.24. The summed E-state index contributed by atoms with van der Waals surface area (Å²) in [6, 6.07) is 7.61. The van der Waals surface area contributed by atoms with Crippen molar-refractivity contribution in [1.82, 2.24) is 4.90 Å². The molecule has 0 bridgehead atoms. The molecule has 2 rings (SSSR count). The largest absolute Gasteiger partial charge is 0.389 e. The Morgan fingerprint density at radius 2 is 2.00 bits per heavy atom. The van der Waals surface area contributed by atoms with Gasteiger partial charge in [-0.2, -0.15) is 0 Å². The van der Waals surface area contributed by atoms with Crippen molar-refractivity contribution in [2.75, 3.05) is 31.2 Å². The summed E-state index contributed by atoms with van der Waals surface area (Å²) in [5.41, 5.74) is 0.792. The number of carbonyl (C=O) groups is 1. The van der Waals surface area contributed by atoms with Crippen molar-refractivity contribution in [2.24, 2.45) is 0 Å². The number of nitrogens with one attached hydrogen (secondary N) is 1. The van der Waals surface area contributed by atoms with Crippen LogP contribution in [0.5, 0.6) is 0 Å². The first kappa shape index (κ1) is 14.3. The lowest BCUT2D eigenvalue weighted by molar-refractivity contribution is -0.117. The summed E-state index contributed by atoms with van der Waals surface area (Å²) in [7, 11) is 0. The van der Waals surface area contributed by atoms with Crippen LogP contribution >= 0.6 is 11.8 Å². The molecule has 1 saturated heterocycles. The van der Waals surface area contributed by atoms with Crippen molar-refractivity contribution >= 4 is 23.4 Å². The van der Waals surface area contributed by atoms with Crippen molar-refractivity contribution in [3.05, 3.63) is 24.3 Å². The molecule has 1 aliphatic rings. The molecule has 1 aromatic carbocycles. The Labute approximate surface area is 116 Å². The number of anilines is 1. The van der Waals surface area contributed by atoms with Crippen molar-refractivity contribution in [3.63, 3.8) is 0 Å². The number of hydrogen-bond donors (Lipinski definition) is 3. The number of nitrogens with zero attached hydrogens (tertiary/aromatic N) is 1. The summed E-state index contributed by atoms with van der Waals surface area (Å²) in [6.07, 6.45) is 0.440. The third-order valence-electron chi connectivity index (χ3n) is 3.08. The zero-order valence-electron chi connectivity index (χ0n) is 10.7. The highest BCUT2D eigenvalue weighted by atomic mass is 32.2. The van der Waals surface area contributed by atoms with Crippen molar-refractivity contribution < 1.29 is 15.0 Å². The van der Waals surface area contributed by atoms with E-state index in [0.717, 1.165) is 10.6 Å². The van der Waals surface area contributed by atoms with Crippen molar-refractivity contribution in [1.29, 1.82) is 0 Å². The van der Waals surface area contributed by atoms with Crippen LogP contribution in [0.15, 0.2) is 29.2 Å². The second kappa shape index (κ2) is 6.38. The van der Waals surface area contributed by atoms with E-state index >= 15 is 0 Å². The van der Waals surface area contributed by atoms with Crippen molar-refractivity contribution in [3.8, 4) is 0 Å². The van der Waals surface area contributed by atoms with Crippen molar-refractivity contribution in [2.45, 2.75) is 17.1 Å². The standard InChI is InChI=1S/C13H18N2O3S/c1-19-12-5-3-2-4-9(12)14-13(18)8-15-6-10(16)11(17)7-15/h2-5,10-11,16-17H,6-8H2,1H3,(H,14,18). The first-order chi connectivity index (χ1) is 9.10. The van der Waals surface area contributed by atoms with Crippen LogP contribution in [0.25, 0.3) is 0 Å². The Hall–Kier alpha value is -1.08. The molecule has 0 aromatic heterocycles. The van der Waals surface area contributed by atoms with Crippen LogP contribution < -0.4 is 5.32 Å². The molecule has 1 aliphatic heterocycles. The van der Waals surface area contributed by atoms with Crippen LogP contribution in [0.4, 0.5) is 5.69 Å². The number of amides is 1. The van der Waals surface area contributed by atoms with Gasteiger partial charge in [0, 0.05) is 18.0 Å². The number of β-amino-alcohol motifs (C(OH)–C–C–N with tert-alkyl or cyclic N) is 2. The molecule has 0 radical (unpaired) electrons. The number of benzene rings is 1. The van der Waals surface area contributed by atoms with E-state index in [-0.39, 0.29) is 12.5 Å². The average Bonchev–Trinajstić information content (AvgIpc) is 2.68. The molecule has 0 aliphatic carbocycles. The predicted octanol–water partition coefficient (Wildman–Crippen LogP) is 0.384. The SMILES string of the molecule is CSc1ccccc1NC(=O)CN1CC(O)C(O)C1. The molecular weight excluding hydrogens is 264 g/mol. The Morgan fingerprint density at radius 3 is 2.63 bits per heavy atom. The van der Waals surface area contributed by atoms with E-state index in [9.17, 15) is 15.0 Å². The van der Waals surface area contributed by atoms with Crippen LogP contribution in [0.3, 0.4) is 0 Å². The van der Waals surface area contributed by atoms with E-state index in [0.29, 0.717) is 13.1 Å². The molecule has 0 spiro atoms. The lowest BCUT2D eigenvalue weighted by Crippen LogP contribution is -2.32. The Bertz CT molecular complexity index is 445. The van der Waals surface area contributed by atoms with Crippen LogP contribution in [0, 0.1) is 0 Å². The molecule has 0 saturated carbocycles. The van der Waals surface area contributed by atoms with E-state index in [1.54, 1.807) is 16.7 Å². The highest BCUT2D eigenvalue weighted by Gasteiger charge is 2.30. The second-order valence-electron chi connectivity index (χ2n) is 4.58. The fraction of sp³-hybridized carbons (Fsp3) is 0.462. The molecule has 1 aromatic rings. The minimum atomic E-state index is -0.758. The van der Waals surface area contributed by atoms with E-state index in [4.69, 9.17) is 0 Å². The predicted molar refractivity (Wildman–Crippen MR) is 75.3 cm³/mol. The van der Waals surface area contributed by atoms with Gasteiger partial charge in [0.2, 0.25) is 5.91 Å². The maximum Gasteiger partial charge on any atom is 0.238 e. The maximum atomic E-state index is 11.9. The summed E-state index contributed by atoms with van der Waals surface area (Å²) in [6.45, 7) is 0.842. The monoisotopic (exact) mass is 282 g/mol. The molecule has 5 nitrogen and oxygen atoms in total. The van der Waals surface area contributed by atoms with E-state index in [1.165, 1.54) is 0 Å². The molecular formula is C13H18N2O3S. The van der Waals surface area contributed by atoms with Crippen LogP contribution in [-0.2, 0) is 4.79 Å². The number of hydrogen-bond acceptors (Lipinski definition) is 5. The first-order valence-electron chi connectivity index (χ1n) is 6.11. The number of likely N-dealkylation sites (tertiary alicyclic amines) is 1. The molecule has 2 unspecified atom stereocenters. The average molecular weight is 282 g/mol. The third-order valence-corrected chi connectivity index (χ3v) is 3.88. The van der Waals surface area contributed by atoms with Gasteiger partial charge in [-0.25, -0.2) is 0 Å². The molecule has 19 heavy (non-hydrogen) atoms. The topological polar surface area (TPSA) is 72.8 Å². The number of thioether (sulfide) groups is 1. The number of rotatable bonds is 4. The number of carbonyl (C=O) groups excluding carboxylic acids is 1. The maximum absolute atomic E-state index is 11.9. The summed E-state index contributed by atoms with van der Waals surface area (Å²) in [4.78, 5) is 14.7. The smallest absolute Gasteiger partial charge is 0.238 e. The number of aliphatic hydroxyl groups excluding tert-OH is 2. The molecule has 104 valence electrons. The van der Waals surface area contributed by atoms with Gasteiger partial charge in [0.15, 0.2) is 0 Å². The van der Waals surface area contributed by atoms with Crippen LogP contribution in [-0.4, -0.2) is 59.1 Å². The lowest BCUT2D eigenvalue weighted by atomic mass is 10.3. The van der Waals surface area contributed by atoms with Gasteiger partial charge in [-0.1, -0.05) is 12.1 Å². The van der Waals surface area contributed by atoms with Gasteiger partial charge in [-0.3, -0.25) is 9.69 Å². The highest BCUT2D eigenvalue weighted by molar-refractivity contribution is 7.98. The Morgan fingerprint density at radius 1 is 1.37 bits per heavy atom. The Kier molecular flexibility index (Phi) is 4.81. The second-order valence-corrected chi connectivity index (χ2v) is 5.43. The zero-order valence-corrected chi connectivity index (χ0v) is 11.6. The van der Waals surface area contributed by atoms with Gasteiger partial charge in [0.1, 0.15) is 0 Å². The molecule has 1 heterocycles. The van der Waals surface area contributed by atoms with E-state index in [1.807, 2.05) is 30.5 Å². The minimum Gasteiger partial charge on any atom is -0.389 e.